The quantitative estimate of drug-likeness (QED) is 0.294. The van der Waals surface area contributed by atoms with Crippen molar-refractivity contribution >= 4 is 37.6 Å². The maximum absolute atomic E-state index is 14.4. The summed E-state index contributed by atoms with van der Waals surface area (Å²) in [6.45, 7) is 11.2. The van der Waals surface area contributed by atoms with E-state index in [9.17, 15) is 19.2 Å². The second-order valence-electron chi connectivity index (χ2n) is 14.3. The Kier molecular flexibility index (Phi) is 10.3. The third-order valence-corrected chi connectivity index (χ3v) is 11.4. The summed E-state index contributed by atoms with van der Waals surface area (Å²) in [5, 5.41) is 6.18. The third kappa shape index (κ3) is 8.65. The zero-order chi connectivity index (χ0) is 33.1. The van der Waals surface area contributed by atoms with Crippen LogP contribution in [-0.2, 0) is 32.0 Å². The van der Waals surface area contributed by atoms with Gasteiger partial charge in [-0.15, -0.1) is 0 Å². The number of hydrogen-bond acceptors (Lipinski definition) is 6. The van der Waals surface area contributed by atoms with Gasteiger partial charge in [0.2, 0.25) is 17.7 Å². The molecule has 10 nitrogen and oxygen atoms in total. The molecule has 45 heavy (non-hydrogen) atoms. The number of nitrogens with one attached hydrogen (secondary N) is 2. The molecular weight excluding hydrogens is 586 g/mol. The monoisotopic (exact) mass is 635 g/mol. The fourth-order valence-electron chi connectivity index (χ4n) is 6.16. The van der Waals surface area contributed by atoms with E-state index < -0.39 is 43.8 Å². The molecule has 2 aliphatic rings. The summed E-state index contributed by atoms with van der Waals surface area (Å²) in [5.41, 5.74) is 8.96. The first kappa shape index (κ1) is 34.0. The number of nitrogen functional groups attached to an aromatic ring is 1. The molecule has 0 unspecified atom stereocenters. The topological polar surface area (TPSA) is 134 Å². The smallest absolute Gasteiger partial charge is 0.410 e. The number of carbonyl (C=O) groups excluding carboxylic acids is 4. The Bertz CT molecular complexity index is 1410. The van der Waals surface area contributed by atoms with Crippen molar-refractivity contribution in [3.63, 3.8) is 0 Å². The first-order chi connectivity index (χ1) is 21.0. The first-order valence-electron chi connectivity index (χ1n) is 15.8. The number of benzene rings is 2. The van der Waals surface area contributed by atoms with Crippen molar-refractivity contribution in [2.75, 3.05) is 18.9 Å². The number of carbonyl (C=O) groups is 4. The van der Waals surface area contributed by atoms with Crippen molar-refractivity contribution < 1.29 is 23.9 Å². The predicted molar refractivity (Wildman–Crippen MR) is 178 cm³/mol. The van der Waals surface area contributed by atoms with Gasteiger partial charge in [0, 0.05) is 25.3 Å². The van der Waals surface area contributed by atoms with Gasteiger partial charge in [0.15, 0.2) is 0 Å². The molecule has 1 saturated heterocycles. The number of amides is 4. The normalized spacial score (nSPS) is 20.4. The van der Waals surface area contributed by atoms with E-state index in [1.165, 1.54) is 17.5 Å². The van der Waals surface area contributed by atoms with Crippen LogP contribution in [0.1, 0.15) is 63.3 Å². The van der Waals surface area contributed by atoms with Gasteiger partial charge in [0.25, 0.3) is 0 Å². The van der Waals surface area contributed by atoms with Crippen LogP contribution < -0.4 is 16.4 Å². The van der Waals surface area contributed by atoms with Crippen LogP contribution in [0.15, 0.2) is 48.5 Å². The summed E-state index contributed by atoms with van der Waals surface area (Å²) < 4.78 is 5.44. The van der Waals surface area contributed by atoms with E-state index in [0.29, 0.717) is 17.9 Å². The predicted octanol–water partition coefficient (Wildman–Crippen LogP) is 4.20. The Hall–Kier alpha value is -3.86. The second kappa shape index (κ2) is 13.6. The molecule has 4 N–H and O–H groups in total. The minimum Gasteiger partial charge on any atom is -0.444 e. The molecule has 4 rings (SSSR count). The molecule has 1 aliphatic carbocycles. The fraction of sp³-hybridized carbons (Fsp3) is 0.529. The van der Waals surface area contributed by atoms with E-state index >= 15 is 0 Å². The summed E-state index contributed by atoms with van der Waals surface area (Å²) in [6.07, 6.45) is 2.90. The van der Waals surface area contributed by atoms with E-state index in [1.807, 2.05) is 24.3 Å². The Balaban J connectivity index is 1.56. The summed E-state index contributed by atoms with van der Waals surface area (Å²) in [6, 6.07) is 13.4. The lowest BCUT2D eigenvalue weighted by Crippen LogP contribution is -2.57. The number of rotatable bonds is 8. The van der Waals surface area contributed by atoms with Crippen molar-refractivity contribution in [2.45, 2.75) is 102 Å². The van der Waals surface area contributed by atoms with E-state index in [4.69, 9.17) is 10.5 Å². The number of ether oxygens (including phenoxy) is 1. The van der Waals surface area contributed by atoms with Crippen molar-refractivity contribution in [3.05, 3.63) is 65.2 Å². The van der Waals surface area contributed by atoms with Crippen LogP contribution in [0.25, 0.3) is 0 Å². The Morgan fingerprint density at radius 2 is 1.76 bits per heavy atom. The van der Waals surface area contributed by atoms with Crippen LogP contribution in [0.5, 0.6) is 0 Å². The number of aryl methyl sites for hydroxylation is 1. The zero-order valence-corrected chi connectivity index (χ0v) is 28.7. The van der Waals surface area contributed by atoms with Crippen LogP contribution in [-0.4, -0.2) is 78.6 Å². The number of fused-ring (bicyclic) bond motifs is 1. The average molecular weight is 636 g/mol. The Morgan fingerprint density at radius 3 is 2.42 bits per heavy atom. The molecule has 4 atom stereocenters. The third-order valence-electron chi connectivity index (χ3n) is 8.67. The summed E-state index contributed by atoms with van der Waals surface area (Å²) in [4.78, 5) is 57.4. The standard InChI is InChI=1S/C34H49N5O5Si/c1-22(38(5)33(43)44-34(2,3)4)30(40)37-28(19-23-15-17-25(35)18-16-23)32(42)39-21-45(6,7)20-29(39)31(41)36-27-14-10-12-24-11-8-9-13-26(24)27/h8-9,11,13,15-18,22,27-29H,10,12,14,19-21,35H2,1-7H3,(H,36,41)(H,37,40)/t22-,27+,28-,29-/m0/s1. The molecule has 244 valence electrons. The molecule has 2 aromatic rings. The average Bonchev–Trinajstić information content (AvgIpc) is 3.31. The highest BCUT2D eigenvalue weighted by atomic mass is 28.3. The number of anilines is 1. The largest absolute Gasteiger partial charge is 0.444 e. The summed E-state index contributed by atoms with van der Waals surface area (Å²) in [7, 11) is -0.453. The molecule has 1 aliphatic heterocycles. The lowest BCUT2D eigenvalue weighted by molar-refractivity contribution is -0.141. The maximum atomic E-state index is 14.4. The van der Waals surface area contributed by atoms with E-state index in [1.54, 1.807) is 44.7 Å². The highest BCUT2D eigenvalue weighted by Gasteiger charge is 2.47. The number of hydrogen-bond donors (Lipinski definition) is 3. The van der Waals surface area contributed by atoms with E-state index in [-0.39, 0.29) is 24.3 Å². The molecule has 2 aromatic carbocycles. The molecule has 1 heterocycles. The van der Waals surface area contributed by atoms with Crippen LogP contribution in [0, 0.1) is 0 Å². The van der Waals surface area contributed by atoms with Gasteiger partial charge in [-0.2, -0.15) is 0 Å². The number of nitrogens with zero attached hydrogens (tertiary/aromatic N) is 2. The first-order valence-corrected chi connectivity index (χ1v) is 19.3. The highest BCUT2D eigenvalue weighted by molar-refractivity contribution is 6.79. The van der Waals surface area contributed by atoms with Crippen LogP contribution in [0.3, 0.4) is 0 Å². The van der Waals surface area contributed by atoms with Crippen molar-refractivity contribution in [3.8, 4) is 0 Å². The second-order valence-corrected chi connectivity index (χ2v) is 19.3. The number of likely N-dealkylation sites (N-methyl/N-ethyl adjacent to an activating group) is 1. The van der Waals surface area contributed by atoms with Gasteiger partial charge in [0.05, 0.1) is 14.1 Å². The Labute approximate surface area is 268 Å². The lowest BCUT2D eigenvalue weighted by Gasteiger charge is -2.33. The minimum absolute atomic E-state index is 0.0979. The van der Waals surface area contributed by atoms with Crippen molar-refractivity contribution in [2.24, 2.45) is 0 Å². The maximum Gasteiger partial charge on any atom is 0.410 e. The van der Waals surface area contributed by atoms with E-state index in [0.717, 1.165) is 30.4 Å². The molecule has 1 fully saturated rings. The molecule has 0 bridgehead atoms. The molecular formula is C34H49N5O5Si. The zero-order valence-electron chi connectivity index (χ0n) is 27.7. The van der Waals surface area contributed by atoms with Gasteiger partial charge in [-0.25, -0.2) is 4.79 Å². The van der Waals surface area contributed by atoms with Crippen LogP contribution >= 0.6 is 0 Å². The summed E-state index contributed by atoms with van der Waals surface area (Å²) in [5.74, 6) is -0.957. The van der Waals surface area contributed by atoms with Gasteiger partial charge in [0.1, 0.15) is 23.7 Å². The molecule has 0 radical (unpaired) electrons. The van der Waals surface area contributed by atoms with Crippen LogP contribution in [0.4, 0.5) is 10.5 Å². The van der Waals surface area contributed by atoms with Gasteiger partial charge >= 0.3 is 6.09 Å². The highest BCUT2D eigenvalue weighted by Crippen LogP contribution is 2.32. The van der Waals surface area contributed by atoms with E-state index in [2.05, 4.69) is 35.9 Å². The molecule has 0 saturated carbocycles. The lowest BCUT2D eigenvalue weighted by atomic mass is 9.87. The summed E-state index contributed by atoms with van der Waals surface area (Å²) >= 11 is 0. The van der Waals surface area contributed by atoms with Crippen LogP contribution in [0.2, 0.25) is 19.1 Å². The fourth-order valence-corrected chi connectivity index (χ4v) is 9.04. The Morgan fingerprint density at radius 1 is 1.09 bits per heavy atom. The molecule has 11 heteroatoms. The molecule has 0 spiro atoms. The molecule has 0 aromatic heterocycles. The SMILES string of the molecule is C[C@@H](C(=O)N[C@@H](Cc1ccc(N)cc1)C(=O)N1C[Si](C)(C)C[C@H]1C(=O)N[C@@H]1CCCc2ccccc21)N(C)C(=O)OC(C)(C)C. The van der Waals surface area contributed by atoms with Gasteiger partial charge in [-0.3, -0.25) is 19.3 Å². The van der Waals surface area contributed by atoms with Crippen molar-refractivity contribution in [1.82, 2.24) is 20.4 Å². The van der Waals surface area contributed by atoms with Gasteiger partial charge in [-0.05, 0) is 81.8 Å². The molecule has 4 amide bonds. The van der Waals surface area contributed by atoms with Crippen molar-refractivity contribution in [1.29, 1.82) is 0 Å². The number of nitrogens with two attached hydrogens (primary N) is 1. The van der Waals surface area contributed by atoms with Gasteiger partial charge in [-0.1, -0.05) is 49.5 Å². The minimum atomic E-state index is -1.95. The van der Waals surface area contributed by atoms with Gasteiger partial charge < -0.3 is 26.0 Å².